The number of hydrogen-bond acceptors (Lipinski definition) is 2. The van der Waals surface area contributed by atoms with Gasteiger partial charge in [0.25, 0.3) is 0 Å². The predicted octanol–water partition coefficient (Wildman–Crippen LogP) is 7.48. The Balaban J connectivity index is 1.46. The minimum absolute atomic E-state index is 0.117. The number of carbonyl (C=O) groups is 1. The number of fused-ring (bicyclic) bond motifs is 5. The molecule has 0 amide bonds. The molecule has 0 aromatic carbocycles. The van der Waals surface area contributed by atoms with E-state index in [-0.39, 0.29) is 5.78 Å². The van der Waals surface area contributed by atoms with Crippen LogP contribution in [0.25, 0.3) is 0 Å². The van der Waals surface area contributed by atoms with Gasteiger partial charge in [-0.2, -0.15) is 0 Å². The number of rotatable bonds is 5. The Bertz CT molecular complexity index is 651. The Morgan fingerprint density at radius 2 is 1.76 bits per heavy atom. The first-order chi connectivity index (χ1) is 13.8. The van der Waals surface area contributed by atoms with Crippen molar-refractivity contribution < 1.29 is 9.90 Å². The maximum atomic E-state index is 12.2. The fourth-order valence-electron chi connectivity index (χ4n) is 9.10. The number of allylic oxidation sites excluding steroid dienone is 1. The molecule has 2 heteroatoms. The summed E-state index contributed by atoms with van der Waals surface area (Å²) in [4.78, 5) is 12.2. The third kappa shape index (κ3) is 3.51. The normalized spacial score (nSPS) is 45.8. The van der Waals surface area contributed by atoms with E-state index in [0.29, 0.717) is 28.7 Å². The van der Waals surface area contributed by atoms with Gasteiger partial charge in [-0.15, -0.1) is 0 Å². The van der Waals surface area contributed by atoms with E-state index in [1.165, 1.54) is 64.2 Å². The fraction of sp³-hybridized carbons (Fsp3) is 0.889. The van der Waals surface area contributed by atoms with Gasteiger partial charge in [0.05, 0.1) is 6.26 Å². The van der Waals surface area contributed by atoms with E-state index in [1.807, 2.05) is 0 Å². The summed E-state index contributed by atoms with van der Waals surface area (Å²) in [6.07, 6.45) is 17.1. The minimum Gasteiger partial charge on any atom is -0.515 e. The summed E-state index contributed by atoms with van der Waals surface area (Å²) in [5, 5.41) is 9.11. The van der Waals surface area contributed by atoms with Crippen LogP contribution in [-0.2, 0) is 4.79 Å². The predicted molar refractivity (Wildman–Crippen MR) is 120 cm³/mol. The Morgan fingerprint density at radius 1 is 1.00 bits per heavy atom. The van der Waals surface area contributed by atoms with E-state index in [1.54, 1.807) is 6.92 Å². The molecule has 0 heterocycles. The lowest BCUT2D eigenvalue weighted by molar-refractivity contribution is -0.118. The zero-order valence-corrected chi connectivity index (χ0v) is 19.4. The van der Waals surface area contributed by atoms with Crippen molar-refractivity contribution in [1.82, 2.24) is 0 Å². The smallest absolute Gasteiger partial charge is 0.161 e. The second-order valence-electron chi connectivity index (χ2n) is 11.9. The van der Waals surface area contributed by atoms with Crippen LogP contribution in [0.2, 0.25) is 0 Å². The van der Waals surface area contributed by atoms with E-state index >= 15 is 0 Å². The van der Waals surface area contributed by atoms with Crippen molar-refractivity contribution >= 4 is 5.78 Å². The highest BCUT2D eigenvalue weighted by molar-refractivity contribution is 5.94. The summed E-state index contributed by atoms with van der Waals surface area (Å²) in [5.41, 5.74) is 1.63. The van der Waals surface area contributed by atoms with Gasteiger partial charge in [-0.1, -0.05) is 33.6 Å². The number of Topliss-reactive ketones (excluding diaryl/α,β-unsaturated/α-hetero) is 1. The molecular weight excluding hydrogens is 356 g/mol. The van der Waals surface area contributed by atoms with Crippen molar-refractivity contribution in [3.63, 3.8) is 0 Å². The third-order valence-corrected chi connectivity index (χ3v) is 10.8. The molecule has 8 atom stereocenters. The fourth-order valence-corrected chi connectivity index (χ4v) is 9.10. The van der Waals surface area contributed by atoms with Crippen molar-refractivity contribution in [1.29, 1.82) is 0 Å². The summed E-state index contributed by atoms with van der Waals surface area (Å²) < 4.78 is 0. The molecule has 1 N–H and O–H groups in total. The summed E-state index contributed by atoms with van der Waals surface area (Å²) in [7, 11) is 0. The lowest BCUT2D eigenvalue weighted by Gasteiger charge is -2.61. The number of ketones is 1. The molecule has 4 rings (SSSR count). The molecule has 4 aliphatic carbocycles. The van der Waals surface area contributed by atoms with Gasteiger partial charge in [-0.25, -0.2) is 0 Å². The molecule has 0 bridgehead atoms. The largest absolute Gasteiger partial charge is 0.515 e. The highest BCUT2D eigenvalue weighted by Crippen LogP contribution is 2.68. The van der Waals surface area contributed by atoms with Crippen molar-refractivity contribution in [2.24, 2.45) is 46.3 Å². The van der Waals surface area contributed by atoms with Gasteiger partial charge in [0, 0.05) is 12.0 Å². The van der Waals surface area contributed by atoms with Crippen molar-refractivity contribution in [3.8, 4) is 0 Å². The van der Waals surface area contributed by atoms with Crippen LogP contribution in [0, 0.1) is 46.3 Å². The third-order valence-electron chi connectivity index (χ3n) is 10.8. The molecule has 29 heavy (non-hydrogen) atoms. The molecule has 164 valence electrons. The van der Waals surface area contributed by atoms with Crippen molar-refractivity contribution in [2.75, 3.05) is 0 Å². The summed E-state index contributed by atoms with van der Waals surface area (Å²) >= 11 is 0. The van der Waals surface area contributed by atoms with Crippen LogP contribution >= 0.6 is 0 Å². The number of aliphatic hydroxyl groups excluding tert-OH is 1. The Kier molecular flexibility index (Phi) is 5.95. The lowest BCUT2D eigenvalue weighted by Crippen LogP contribution is -2.53. The first-order valence-electron chi connectivity index (χ1n) is 12.7. The summed E-state index contributed by atoms with van der Waals surface area (Å²) in [5.74, 6) is 5.37. The van der Waals surface area contributed by atoms with Crippen molar-refractivity contribution in [2.45, 2.75) is 105 Å². The quantitative estimate of drug-likeness (QED) is 0.383. The molecule has 0 aromatic heterocycles. The van der Waals surface area contributed by atoms with E-state index < -0.39 is 0 Å². The van der Waals surface area contributed by atoms with Gasteiger partial charge in [0.2, 0.25) is 0 Å². The molecule has 4 fully saturated rings. The first kappa shape index (κ1) is 21.4. The van der Waals surface area contributed by atoms with E-state index in [9.17, 15) is 4.79 Å². The maximum absolute atomic E-state index is 12.2. The average Bonchev–Trinajstić information content (AvgIpc) is 3.08. The topological polar surface area (TPSA) is 37.3 Å². The van der Waals surface area contributed by atoms with Gasteiger partial charge in [-0.3, -0.25) is 4.79 Å². The van der Waals surface area contributed by atoms with Crippen LogP contribution in [0.15, 0.2) is 11.8 Å². The molecule has 0 aromatic rings. The standard InChI is InChI=1S/C27H44O2/c1-18(8-13-25(29)19(2)17-28)22-11-12-23-21-10-9-20-7-5-6-15-26(20,3)24(21)14-16-27(22,23)4/h17-18,20-24,28H,5-16H2,1-4H3/t18-,20?,21+,22-,23+,24+,26+,27-/m1/s1. The Hall–Kier alpha value is -0.790. The highest BCUT2D eigenvalue weighted by Gasteiger charge is 2.60. The number of hydrogen-bond donors (Lipinski definition) is 1. The van der Waals surface area contributed by atoms with Crippen LogP contribution in [0.3, 0.4) is 0 Å². The van der Waals surface area contributed by atoms with Gasteiger partial charge in [0.15, 0.2) is 5.78 Å². The molecule has 4 aliphatic rings. The highest BCUT2D eigenvalue weighted by atomic mass is 16.2. The Morgan fingerprint density at radius 3 is 2.52 bits per heavy atom. The SMILES string of the molecule is CC(=CO)C(=O)CC[C@@H](C)[C@H]1CC[C@H]2[C@@H]3CCC4CCCC[C@]4(C)[C@H]3CC[C@]12C. The zero-order valence-electron chi connectivity index (χ0n) is 19.4. The van der Waals surface area contributed by atoms with Gasteiger partial charge >= 0.3 is 0 Å². The molecular formula is C27H44O2. The zero-order chi connectivity index (χ0) is 20.8. The molecule has 4 saturated carbocycles. The molecule has 1 unspecified atom stereocenters. The molecule has 0 saturated heterocycles. The summed E-state index contributed by atoms with van der Waals surface area (Å²) in [6.45, 7) is 9.42. The number of aliphatic hydroxyl groups is 1. The van der Waals surface area contributed by atoms with Crippen LogP contribution in [0.1, 0.15) is 105 Å². The monoisotopic (exact) mass is 400 g/mol. The molecule has 0 aliphatic heterocycles. The lowest BCUT2D eigenvalue weighted by atomic mass is 9.44. The second-order valence-corrected chi connectivity index (χ2v) is 11.9. The average molecular weight is 401 g/mol. The van der Waals surface area contributed by atoms with E-state index in [2.05, 4.69) is 20.8 Å². The first-order valence-corrected chi connectivity index (χ1v) is 12.7. The van der Waals surface area contributed by atoms with Crippen LogP contribution in [0.4, 0.5) is 0 Å². The van der Waals surface area contributed by atoms with Crippen molar-refractivity contribution in [3.05, 3.63) is 11.8 Å². The van der Waals surface area contributed by atoms with Gasteiger partial charge in [-0.05, 0) is 111 Å². The summed E-state index contributed by atoms with van der Waals surface area (Å²) in [6, 6.07) is 0. The van der Waals surface area contributed by atoms with Crippen LogP contribution in [-0.4, -0.2) is 10.9 Å². The van der Waals surface area contributed by atoms with E-state index in [0.717, 1.165) is 42.3 Å². The van der Waals surface area contributed by atoms with Crippen LogP contribution in [0.5, 0.6) is 0 Å². The van der Waals surface area contributed by atoms with E-state index in [4.69, 9.17) is 5.11 Å². The Labute approximate surface area is 178 Å². The number of carbonyl (C=O) groups excluding carboxylic acids is 1. The molecule has 0 radical (unpaired) electrons. The van der Waals surface area contributed by atoms with Gasteiger partial charge < -0.3 is 5.11 Å². The van der Waals surface area contributed by atoms with Gasteiger partial charge in [0.1, 0.15) is 0 Å². The molecule has 2 nitrogen and oxygen atoms in total. The maximum Gasteiger partial charge on any atom is 0.161 e. The minimum atomic E-state index is 0.117. The van der Waals surface area contributed by atoms with Crippen LogP contribution < -0.4 is 0 Å². The second kappa shape index (κ2) is 8.04. The molecule has 0 spiro atoms.